The van der Waals surface area contributed by atoms with E-state index in [1.165, 1.54) is 0 Å². The van der Waals surface area contributed by atoms with Crippen molar-refractivity contribution in [2.24, 2.45) is 0 Å². The van der Waals surface area contributed by atoms with Gasteiger partial charge in [-0.3, -0.25) is 4.79 Å². The Kier molecular flexibility index (Phi) is 4.84. The van der Waals surface area contributed by atoms with E-state index in [1.807, 2.05) is 44.4 Å². The van der Waals surface area contributed by atoms with E-state index in [-0.39, 0.29) is 5.91 Å². The monoisotopic (exact) mass is 403 g/mol. The van der Waals surface area contributed by atoms with Crippen LogP contribution in [0.4, 0.5) is 0 Å². The predicted octanol–water partition coefficient (Wildman–Crippen LogP) is 4.44. The largest absolute Gasteiger partial charge is 0.345 e. The van der Waals surface area contributed by atoms with Gasteiger partial charge in [0.05, 0.1) is 21.8 Å². The number of carbonyl (C=O) groups is 1. The molecule has 0 bridgehead atoms. The summed E-state index contributed by atoms with van der Waals surface area (Å²) in [5, 5.41) is 3.78. The van der Waals surface area contributed by atoms with Crippen LogP contribution < -0.4 is 0 Å². The number of pyridine rings is 1. The van der Waals surface area contributed by atoms with Gasteiger partial charge in [0.1, 0.15) is 5.69 Å². The minimum Gasteiger partial charge on any atom is -0.345 e. The van der Waals surface area contributed by atoms with Crippen LogP contribution in [0.3, 0.4) is 0 Å². The summed E-state index contributed by atoms with van der Waals surface area (Å²) in [4.78, 5) is 32.8. The molecule has 0 saturated carbocycles. The van der Waals surface area contributed by atoms with Crippen LogP contribution in [0.25, 0.3) is 33.7 Å². The molecule has 0 fully saturated rings. The second kappa shape index (κ2) is 7.33. The van der Waals surface area contributed by atoms with Gasteiger partial charge in [-0.1, -0.05) is 11.6 Å². The Balaban J connectivity index is 1.89. The van der Waals surface area contributed by atoms with Crippen LogP contribution in [0.5, 0.6) is 0 Å². The van der Waals surface area contributed by atoms with Crippen molar-refractivity contribution in [2.45, 2.75) is 20.8 Å². The molecule has 0 unspecified atom stereocenters. The summed E-state index contributed by atoms with van der Waals surface area (Å²) >= 11 is 1.57. The number of rotatable bonds is 3. The Hall–Kier alpha value is -3.19. The molecule has 6 nitrogen and oxygen atoms in total. The van der Waals surface area contributed by atoms with Crippen molar-refractivity contribution >= 4 is 28.1 Å². The molecule has 7 heteroatoms. The van der Waals surface area contributed by atoms with Crippen molar-refractivity contribution in [2.75, 3.05) is 14.1 Å². The molecule has 0 radical (unpaired) electrons. The number of fused-ring (bicyclic) bond motifs is 1. The fraction of sp³-hybridized carbons (Fsp3) is 0.227. The molecule has 4 rings (SSSR count). The van der Waals surface area contributed by atoms with Crippen molar-refractivity contribution in [3.8, 4) is 22.8 Å². The molecule has 4 aromatic rings. The van der Waals surface area contributed by atoms with Gasteiger partial charge in [0, 0.05) is 42.8 Å². The van der Waals surface area contributed by atoms with Gasteiger partial charge in [-0.2, -0.15) is 0 Å². The fourth-order valence-electron chi connectivity index (χ4n) is 3.30. The highest BCUT2D eigenvalue weighted by Gasteiger charge is 2.21. The number of thiazole rings is 1. The number of amides is 1. The van der Waals surface area contributed by atoms with Gasteiger partial charge in [0.15, 0.2) is 5.82 Å². The number of aryl methyl sites for hydroxylation is 2. The first-order chi connectivity index (χ1) is 13.8. The third kappa shape index (κ3) is 3.49. The third-order valence-electron chi connectivity index (χ3n) is 4.78. The van der Waals surface area contributed by atoms with Crippen molar-refractivity contribution in [3.63, 3.8) is 0 Å². The molecule has 3 aromatic heterocycles. The molecule has 0 N–H and O–H groups in total. The van der Waals surface area contributed by atoms with E-state index >= 15 is 0 Å². The maximum atomic E-state index is 13.0. The van der Waals surface area contributed by atoms with Gasteiger partial charge in [-0.25, -0.2) is 19.9 Å². The zero-order valence-corrected chi connectivity index (χ0v) is 17.8. The third-order valence-corrected chi connectivity index (χ3v) is 5.55. The molecular formula is C22H21N5OS. The highest BCUT2D eigenvalue weighted by atomic mass is 32.1. The molecule has 3 heterocycles. The summed E-state index contributed by atoms with van der Waals surface area (Å²) in [7, 11) is 3.52. The van der Waals surface area contributed by atoms with E-state index in [1.54, 1.807) is 42.7 Å². The molecule has 0 atom stereocenters. The highest BCUT2D eigenvalue weighted by Crippen LogP contribution is 2.31. The molecule has 29 heavy (non-hydrogen) atoms. The van der Waals surface area contributed by atoms with E-state index in [0.717, 1.165) is 38.3 Å². The average molecular weight is 404 g/mol. The van der Waals surface area contributed by atoms with E-state index in [0.29, 0.717) is 17.1 Å². The lowest BCUT2D eigenvalue weighted by molar-refractivity contribution is 0.0829. The van der Waals surface area contributed by atoms with Crippen molar-refractivity contribution in [1.82, 2.24) is 24.8 Å². The minimum absolute atomic E-state index is 0.0442. The van der Waals surface area contributed by atoms with Gasteiger partial charge in [0.25, 0.3) is 5.91 Å². The number of nitrogens with zero attached hydrogens (tertiary/aromatic N) is 5. The Morgan fingerprint density at radius 1 is 1.03 bits per heavy atom. The first-order valence-corrected chi connectivity index (χ1v) is 10.1. The van der Waals surface area contributed by atoms with Gasteiger partial charge in [-0.15, -0.1) is 11.3 Å². The lowest BCUT2D eigenvalue weighted by Crippen LogP contribution is -2.23. The first-order valence-electron chi connectivity index (χ1n) is 9.22. The molecule has 0 aliphatic carbocycles. The second-order valence-corrected chi connectivity index (χ2v) is 8.29. The van der Waals surface area contributed by atoms with Crippen LogP contribution in [0.15, 0.2) is 36.0 Å². The van der Waals surface area contributed by atoms with E-state index in [2.05, 4.69) is 15.0 Å². The number of aromatic nitrogens is 4. The maximum Gasteiger partial charge on any atom is 0.254 e. The SMILES string of the molecule is Cc1ccc2nc(-c3cnc(-c4csc(C)n4)nc3)c(C)c(C(=O)N(C)C)c2c1. The predicted molar refractivity (Wildman–Crippen MR) is 116 cm³/mol. The minimum atomic E-state index is -0.0442. The Labute approximate surface area is 173 Å². The number of carbonyl (C=O) groups excluding carboxylic acids is 1. The molecule has 146 valence electrons. The lowest BCUT2D eigenvalue weighted by atomic mass is 9.97. The van der Waals surface area contributed by atoms with Crippen molar-refractivity contribution < 1.29 is 4.79 Å². The van der Waals surface area contributed by atoms with Crippen LogP contribution in [0, 0.1) is 20.8 Å². The van der Waals surface area contributed by atoms with Gasteiger partial charge in [-0.05, 0) is 38.5 Å². The van der Waals surface area contributed by atoms with Gasteiger partial charge >= 0.3 is 0 Å². The Morgan fingerprint density at radius 3 is 2.38 bits per heavy atom. The van der Waals surface area contributed by atoms with Crippen LogP contribution >= 0.6 is 11.3 Å². The van der Waals surface area contributed by atoms with Gasteiger partial charge in [0.2, 0.25) is 0 Å². The molecule has 0 saturated heterocycles. The quantitative estimate of drug-likeness (QED) is 0.506. The molecule has 1 aromatic carbocycles. The summed E-state index contributed by atoms with van der Waals surface area (Å²) in [5.74, 6) is 0.536. The highest BCUT2D eigenvalue weighted by molar-refractivity contribution is 7.09. The van der Waals surface area contributed by atoms with E-state index < -0.39 is 0 Å². The summed E-state index contributed by atoms with van der Waals surface area (Å²) in [6, 6.07) is 5.97. The summed E-state index contributed by atoms with van der Waals surface area (Å²) < 4.78 is 0. The topological polar surface area (TPSA) is 71.9 Å². The Bertz CT molecular complexity index is 1230. The fourth-order valence-corrected chi connectivity index (χ4v) is 3.89. The lowest BCUT2D eigenvalue weighted by Gasteiger charge is -2.17. The molecule has 0 aliphatic heterocycles. The molecule has 0 spiro atoms. The van der Waals surface area contributed by atoms with Crippen LogP contribution in [0.2, 0.25) is 0 Å². The van der Waals surface area contributed by atoms with E-state index in [9.17, 15) is 4.79 Å². The molecule has 1 amide bonds. The molecular weight excluding hydrogens is 382 g/mol. The smallest absolute Gasteiger partial charge is 0.254 e. The Morgan fingerprint density at radius 2 is 1.76 bits per heavy atom. The van der Waals surface area contributed by atoms with Crippen molar-refractivity contribution in [1.29, 1.82) is 0 Å². The van der Waals surface area contributed by atoms with Gasteiger partial charge < -0.3 is 4.90 Å². The molecule has 0 aliphatic rings. The zero-order chi connectivity index (χ0) is 20.7. The second-order valence-electron chi connectivity index (χ2n) is 7.23. The van der Waals surface area contributed by atoms with Crippen LogP contribution in [-0.4, -0.2) is 44.8 Å². The standard InChI is InChI=1S/C22H21N5OS/c1-12-6-7-17-16(8-12)19(22(28)27(4)5)13(2)20(26-17)15-9-23-21(24-10-15)18-11-29-14(3)25-18/h6-11H,1-5H3. The maximum absolute atomic E-state index is 13.0. The van der Waals surface area contributed by atoms with Crippen LogP contribution in [0.1, 0.15) is 26.5 Å². The summed E-state index contributed by atoms with van der Waals surface area (Å²) in [5.41, 5.74) is 5.61. The number of hydrogen-bond acceptors (Lipinski definition) is 6. The normalized spacial score (nSPS) is 11.1. The first kappa shape index (κ1) is 19.1. The zero-order valence-electron chi connectivity index (χ0n) is 17.0. The van der Waals surface area contributed by atoms with Crippen molar-refractivity contribution in [3.05, 3.63) is 57.7 Å². The number of benzene rings is 1. The number of hydrogen-bond donors (Lipinski definition) is 0. The van der Waals surface area contributed by atoms with E-state index in [4.69, 9.17) is 4.98 Å². The van der Waals surface area contributed by atoms with Crippen LogP contribution in [-0.2, 0) is 0 Å². The summed E-state index contributed by atoms with van der Waals surface area (Å²) in [6.07, 6.45) is 3.49. The average Bonchev–Trinajstić information content (AvgIpc) is 3.13. The summed E-state index contributed by atoms with van der Waals surface area (Å²) in [6.45, 7) is 5.90.